The molecule has 0 radical (unpaired) electrons. The SMILES string of the molecule is CC1(C)C(=O)c2c(O)c(=O)c(C(=O)NCc3ccc(F)cc3F)cn2CC1OCCN(O)S. The smallest absolute Gasteiger partial charge is 0.257 e. The maximum atomic E-state index is 13.8. The van der Waals surface area contributed by atoms with Crippen LogP contribution in [0.1, 0.15) is 40.3 Å². The highest BCUT2D eigenvalue weighted by molar-refractivity contribution is 7.77. The summed E-state index contributed by atoms with van der Waals surface area (Å²) in [6, 6.07) is 2.85. The number of ether oxygens (including phenoxy) is 1. The fraction of sp³-hybridized carbons (Fsp3) is 0.381. The summed E-state index contributed by atoms with van der Waals surface area (Å²) >= 11 is 3.70. The second-order valence-corrected chi connectivity index (χ2v) is 8.61. The van der Waals surface area contributed by atoms with E-state index in [-0.39, 0.29) is 37.5 Å². The minimum atomic E-state index is -1.11. The number of hydrogen-bond donors (Lipinski definition) is 4. The van der Waals surface area contributed by atoms with E-state index in [1.807, 2.05) is 0 Å². The van der Waals surface area contributed by atoms with Gasteiger partial charge in [-0.2, -0.15) is 0 Å². The fourth-order valence-corrected chi connectivity index (χ4v) is 3.61. The topological polar surface area (TPSA) is 121 Å². The first kappa shape index (κ1) is 24.8. The number of thiol groups is 1. The van der Waals surface area contributed by atoms with Gasteiger partial charge in [0.05, 0.1) is 31.2 Å². The zero-order valence-electron chi connectivity index (χ0n) is 17.8. The van der Waals surface area contributed by atoms with Crippen LogP contribution >= 0.6 is 12.8 Å². The molecule has 1 aromatic carbocycles. The molecular formula is C21H23F2N3O6S. The molecule has 2 aromatic rings. The highest BCUT2D eigenvalue weighted by Crippen LogP contribution is 2.36. The van der Waals surface area contributed by atoms with Crippen molar-refractivity contribution in [2.45, 2.75) is 33.0 Å². The fourth-order valence-electron chi connectivity index (χ4n) is 3.53. The van der Waals surface area contributed by atoms with Crippen LogP contribution in [0.15, 0.2) is 29.2 Å². The van der Waals surface area contributed by atoms with E-state index in [0.717, 1.165) is 18.3 Å². The van der Waals surface area contributed by atoms with Gasteiger partial charge >= 0.3 is 0 Å². The lowest BCUT2D eigenvalue weighted by molar-refractivity contribution is -0.0608. The number of halogens is 2. The number of fused-ring (bicyclic) bond motifs is 1. The Morgan fingerprint density at radius 1 is 1.36 bits per heavy atom. The molecule has 178 valence electrons. The lowest BCUT2D eigenvalue weighted by Gasteiger charge is -2.39. The van der Waals surface area contributed by atoms with E-state index >= 15 is 0 Å². The predicted molar refractivity (Wildman–Crippen MR) is 115 cm³/mol. The van der Waals surface area contributed by atoms with E-state index in [1.165, 1.54) is 4.57 Å². The third-order valence-corrected chi connectivity index (χ3v) is 5.73. The van der Waals surface area contributed by atoms with Crippen molar-refractivity contribution in [3.05, 3.63) is 63.1 Å². The van der Waals surface area contributed by atoms with Crippen molar-refractivity contribution < 1.29 is 33.4 Å². The summed E-state index contributed by atoms with van der Waals surface area (Å²) in [5, 5.41) is 21.9. The normalized spacial score (nSPS) is 17.2. The Bertz CT molecular complexity index is 1150. The number of aromatic nitrogens is 1. The number of Topliss-reactive ketones (excluding diaryl/α,β-unsaturated/α-hetero) is 1. The molecule has 1 unspecified atom stereocenters. The van der Waals surface area contributed by atoms with Gasteiger partial charge in [-0.05, 0) is 19.9 Å². The molecular weight excluding hydrogens is 460 g/mol. The van der Waals surface area contributed by atoms with Gasteiger partial charge in [0.25, 0.3) is 5.91 Å². The molecule has 12 heteroatoms. The van der Waals surface area contributed by atoms with Crippen molar-refractivity contribution in [1.82, 2.24) is 14.4 Å². The number of hydrogen-bond acceptors (Lipinski definition) is 8. The Labute approximate surface area is 193 Å². The number of pyridine rings is 1. The third-order valence-electron chi connectivity index (χ3n) is 5.53. The number of nitrogens with one attached hydrogen (secondary N) is 1. The summed E-state index contributed by atoms with van der Waals surface area (Å²) in [6.07, 6.45) is 0.436. The number of rotatable bonds is 7. The van der Waals surface area contributed by atoms with Crippen LogP contribution in [0.2, 0.25) is 0 Å². The summed E-state index contributed by atoms with van der Waals surface area (Å²) in [6.45, 7) is 3.00. The van der Waals surface area contributed by atoms with Gasteiger partial charge in [0.15, 0.2) is 11.5 Å². The maximum absolute atomic E-state index is 13.8. The van der Waals surface area contributed by atoms with E-state index in [9.17, 15) is 28.3 Å². The molecule has 33 heavy (non-hydrogen) atoms. The number of hydroxylamine groups is 1. The molecule has 1 atom stereocenters. The third kappa shape index (κ3) is 5.08. The molecule has 0 aliphatic carbocycles. The van der Waals surface area contributed by atoms with Crippen molar-refractivity contribution in [1.29, 1.82) is 0 Å². The van der Waals surface area contributed by atoms with Crippen LogP contribution in [0.25, 0.3) is 0 Å². The van der Waals surface area contributed by atoms with Gasteiger partial charge in [-0.3, -0.25) is 14.4 Å². The van der Waals surface area contributed by atoms with Gasteiger partial charge in [-0.15, -0.1) is 4.47 Å². The highest BCUT2D eigenvalue weighted by atomic mass is 32.1. The van der Waals surface area contributed by atoms with Gasteiger partial charge in [-0.25, -0.2) is 8.78 Å². The molecule has 0 spiro atoms. The Kier molecular flexibility index (Phi) is 7.22. The second kappa shape index (κ2) is 9.59. The number of aromatic hydroxyl groups is 1. The summed E-state index contributed by atoms with van der Waals surface area (Å²) in [5.74, 6) is -3.97. The summed E-state index contributed by atoms with van der Waals surface area (Å²) < 4.78 is 34.5. The Morgan fingerprint density at radius 2 is 2.06 bits per heavy atom. The molecule has 0 bridgehead atoms. The number of carbonyl (C=O) groups is 2. The zero-order chi connectivity index (χ0) is 24.5. The molecule has 2 heterocycles. The van der Waals surface area contributed by atoms with Crippen molar-refractivity contribution in [2.75, 3.05) is 13.2 Å². The highest BCUT2D eigenvalue weighted by Gasteiger charge is 2.45. The number of amides is 1. The molecule has 3 rings (SSSR count). The van der Waals surface area contributed by atoms with E-state index in [4.69, 9.17) is 9.94 Å². The van der Waals surface area contributed by atoms with E-state index in [0.29, 0.717) is 10.5 Å². The monoisotopic (exact) mass is 483 g/mol. The predicted octanol–water partition coefficient (Wildman–Crippen LogP) is 1.91. The quantitative estimate of drug-likeness (QED) is 0.351. The van der Waals surface area contributed by atoms with Crippen LogP contribution in [0.3, 0.4) is 0 Å². The number of nitrogens with zero attached hydrogens (tertiary/aromatic N) is 2. The molecule has 3 N–H and O–H groups in total. The minimum absolute atomic E-state index is 0.000424. The van der Waals surface area contributed by atoms with Crippen LogP contribution in [-0.2, 0) is 17.8 Å². The maximum Gasteiger partial charge on any atom is 0.257 e. The van der Waals surface area contributed by atoms with Gasteiger partial charge in [0.2, 0.25) is 5.43 Å². The minimum Gasteiger partial charge on any atom is -0.503 e. The molecule has 1 amide bonds. The first-order chi connectivity index (χ1) is 15.4. The van der Waals surface area contributed by atoms with Crippen molar-refractivity contribution in [3.8, 4) is 5.75 Å². The molecule has 9 nitrogen and oxygen atoms in total. The van der Waals surface area contributed by atoms with Gasteiger partial charge in [-0.1, -0.05) is 18.9 Å². The Hall–Kier alpha value is -2.80. The summed E-state index contributed by atoms with van der Waals surface area (Å²) in [7, 11) is 0. The second-order valence-electron chi connectivity index (χ2n) is 8.15. The largest absolute Gasteiger partial charge is 0.503 e. The van der Waals surface area contributed by atoms with Crippen molar-refractivity contribution in [3.63, 3.8) is 0 Å². The lowest BCUT2D eigenvalue weighted by atomic mass is 9.77. The lowest BCUT2D eigenvalue weighted by Crippen LogP contribution is -2.49. The van der Waals surface area contributed by atoms with E-state index in [2.05, 4.69) is 18.1 Å². The zero-order valence-corrected chi connectivity index (χ0v) is 18.7. The van der Waals surface area contributed by atoms with E-state index in [1.54, 1.807) is 13.8 Å². The first-order valence-electron chi connectivity index (χ1n) is 9.93. The number of carbonyl (C=O) groups excluding carboxylic acids is 2. The summed E-state index contributed by atoms with van der Waals surface area (Å²) in [4.78, 5) is 38.2. The molecule has 1 aromatic heterocycles. The van der Waals surface area contributed by atoms with Gasteiger partial charge in [0.1, 0.15) is 22.9 Å². The summed E-state index contributed by atoms with van der Waals surface area (Å²) in [5.41, 5.74) is -2.86. The van der Waals surface area contributed by atoms with Crippen LogP contribution in [-0.4, -0.2) is 50.3 Å². The van der Waals surface area contributed by atoms with Crippen molar-refractivity contribution >= 4 is 24.5 Å². The standard InChI is InChI=1S/C21H23F2N3O6S/c1-21(2)15(32-6-5-26(31)33)10-25-9-13(17(27)18(28)16(25)19(21)29)20(30)24-8-11-3-4-12(22)7-14(11)23/h3-4,7,9,15,28,31,33H,5-6,8,10H2,1-2H3,(H,24,30). The molecule has 0 saturated heterocycles. The first-order valence-corrected chi connectivity index (χ1v) is 10.3. The molecule has 1 aliphatic rings. The van der Waals surface area contributed by atoms with Crippen LogP contribution in [0, 0.1) is 17.0 Å². The van der Waals surface area contributed by atoms with Gasteiger partial charge < -0.3 is 24.9 Å². The average Bonchev–Trinajstić information content (AvgIpc) is 2.73. The molecule has 0 fully saturated rings. The van der Waals surface area contributed by atoms with Crippen LogP contribution < -0.4 is 10.7 Å². The average molecular weight is 483 g/mol. The Balaban J connectivity index is 1.88. The van der Waals surface area contributed by atoms with Gasteiger partial charge in [0, 0.05) is 24.4 Å². The molecule has 0 saturated carbocycles. The van der Waals surface area contributed by atoms with Crippen LogP contribution in [0.4, 0.5) is 8.78 Å². The van der Waals surface area contributed by atoms with Crippen molar-refractivity contribution in [2.24, 2.45) is 5.41 Å². The Morgan fingerprint density at radius 3 is 2.70 bits per heavy atom. The van der Waals surface area contributed by atoms with E-state index < -0.39 is 51.6 Å². The number of benzene rings is 1. The van der Waals surface area contributed by atoms with Crippen LogP contribution in [0.5, 0.6) is 5.75 Å². The molecule has 1 aliphatic heterocycles. The number of ketones is 1.